The van der Waals surface area contributed by atoms with E-state index in [1.54, 1.807) is 25.3 Å². The highest BCUT2D eigenvalue weighted by molar-refractivity contribution is 6.42. The zero-order chi connectivity index (χ0) is 18.7. The number of rotatable bonds is 6. The van der Waals surface area contributed by atoms with Gasteiger partial charge >= 0.3 is 5.97 Å². The zero-order valence-corrected chi connectivity index (χ0v) is 15.1. The van der Waals surface area contributed by atoms with E-state index in [1.807, 2.05) is 24.3 Å². The molecule has 3 aromatic rings. The van der Waals surface area contributed by atoms with Gasteiger partial charge in [-0.05, 0) is 35.9 Å². The summed E-state index contributed by atoms with van der Waals surface area (Å²) >= 11 is 11.9. The van der Waals surface area contributed by atoms with Crippen molar-refractivity contribution in [2.45, 2.75) is 6.54 Å². The molecule has 26 heavy (non-hydrogen) atoms. The second kappa shape index (κ2) is 7.63. The molecule has 7 nitrogen and oxygen atoms in total. The molecule has 0 atom stereocenters. The van der Waals surface area contributed by atoms with Crippen LogP contribution in [0.25, 0.3) is 0 Å². The first kappa shape index (κ1) is 18.0. The number of nitrogens with zero attached hydrogens (tertiary/aromatic N) is 3. The summed E-state index contributed by atoms with van der Waals surface area (Å²) in [6, 6.07) is 12.3. The number of carbonyl (C=O) groups is 1. The van der Waals surface area contributed by atoms with E-state index in [2.05, 4.69) is 15.6 Å². The van der Waals surface area contributed by atoms with Crippen molar-refractivity contribution < 1.29 is 14.6 Å². The number of carboxylic acids is 1. The molecule has 0 radical (unpaired) electrons. The summed E-state index contributed by atoms with van der Waals surface area (Å²) in [6.45, 7) is 0.327. The number of hydrogen-bond donors (Lipinski definition) is 2. The highest BCUT2D eigenvalue weighted by Gasteiger charge is 2.20. The minimum atomic E-state index is -1.19. The molecule has 0 saturated heterocycles. The molecule has 1 heterocycles. The maximum Gasteiger partial charge on any atom is 0.360 e. The van der Waals surface area contributed by atoms with Crippen molar-refractivity contribution in [3.05, 3.63) is 63.8 Å². The fraction of sp³-hybridized carbons (Fsp3) is 0.118. The Morgan fingerprint density at radius 3 is 2.54 bits per heavy atom. The molecule has 9 heteroatoms. The Hall–Kier alpha value is -2.77. The number of hydrogen-bond acceptors (Lipinski definition) is 5. The quantitative estimate of drug-likeness (QED) is 0.656. The monoisotopic (exact) mass is 392 g/mol. The second-order valence-electron chi connectivity index (χ2n) is 5.35. The Balaban J connectivity index is 1.92. The van der Waals surface area contributed by atoms with Crippen molar-refractivity contribution in [1.82, 2.24) is 15.0 Å². The SMILES string of the molecule is COc1ccc(Cn2nnc(C(=O)O)c2Nc2ccc(Cl)c(Cl)c2)cc1. The third-order valence-corrected chi connectivity index (χ3v) is 4.35. The number of aromatic carboxylic acids is 1. The molecule has 0 unspecified atom stereocenters. The van der Waals surface area contributed by atoms with Gasteiger partial charge in [-0.2, -0.15) is 0 Å². The first-order valence-electron chi connectivity index (χ1n) is 7.49. The maximum absolute atomic E-state index is 11.5. The van der Waals surface area contributed by atoms with Crippen LogP contribution >= 0.6 is 23.2 Å². The number of halogens is 2. The molecule has 0 aliphatic rings. The number of benzene rings is 2. The number of anilines is 2. The Morgan fingerprint density at radius 1 is 1.19 bits per heavy atom. The second-order valence-corrected chi connectivity index (χ2v) is 6.17. The van der Waals surface area contributed by atoms with E-state index in [-0.39, 0.29) is 11.5 Å². The summed E-state index contributed by atoms with van der Waals surface area (Å²) in [4.78, 5) is 11.5. The fourth-order valence-corrected chi connectivity index (χ4v) is 2.60. The summed E-state index contributed by atoms with van der Waals surface area (Å²) in [5.74, 6) is -0.215. The first-order valence-corrected chi connectivity index (χ1v) is 8.25. The number of ether oxygens (including phenoxy) is 1. The standard InChI is InChI=1S/C17H14Cl2N4O3/c1-26-12-5-2-10(3-6-12)9-23-16(15(17(24)25)21-22-23)20-11-4-7-13(18)14(19)8-11/h2-8,20H,9H2,1H3,(H,24,25). The summed E-state index contributed by atoms with van der Waals surface area (Å²) in [5, 5.41) is 20.8. The largest absolute Gasteiger partial charge is 0.497 e. The van der Waals surface area contributed by atoms with E-state index in [0.717, 1.165) is 11.3 Å². The van der Waals surface area contributed by atoms with Crippen LogP contribution in [0.4, 0.5) is 11.5 Å². The van der Waals surface area contributed by atoms with Gasteiger partial charge in [0, 0.05) is 5.69 Å². The third kappa shape index (κ3) is 3.89. The number of aromatic nitrogens is 3. The van der Waals surface area contributed by atoms with E-state index in [0.29, 0.717) is 22.3 Å². The summed E-state index contributed by atoms with van der Waals surface area (Å²) in [6.07, 6.45) is 0. The van der Waals surface area contributed by atoms with Crippen LogP contribution in [0.1, 0.15) is 16.1 Å². The van der Waals surface area contributed by atoms with Crippen LogP contribution in [0, 0.1) is 0 Å². The van der Waals surface area contributed by atoms with Crippen LogP contribution < -0.4 is 10.1 Å². The Morgan fingerprint density at radius 2 is 1.92 bits per heavy atom. The number of nitrogens with one attached hydrogen (secondary N) is 1. The van der Waals surface area contributed by atoms with Crippen LogP contribution in [-0.4, -0.2) is 33.2 Å². The van der Waals surface area contributed by atoms with Crippen molar-refractivity contribution in [2.24, 2.45) is 0 Å². The molecule has 0 aliphatic carbocycles. The average Bonchev–Trinajstić information content (AvgIpc) is 3.01. The molecule has 0 fully saturated rings. The zero-order valence-electron chi connectivity index (χ0n) is 13.6. The molecular weight excluding hydrogens is 379 g/mol. The average molecular weight is 393 g/mol. The molecular formula is C17H14Cl2N4O3. The molecule has 2 aromatic carbocycles. The lowest BCUT2D eigenvalue weighted by Crippen LogP contribution is -2.09. The lowest BCUT2D eigenvalue weighted by molar-refractivity contribution is 0.0691. The maximum atomic E-state index is 11.5. The van der Waals surface area contributed by atoms with Crippen molar-refractivity contribution >= 4 is 40.7 Å². The normalized spacial score (nSPS) is 10.6. The highest BCUT2D eigenvalue weighted by Crippen LogP contribution is 2.28. The summed E-state index contributed by atoms with van der Waals surface area (Å²) in [5.41, 5.74) is 1.29. The first-order chi connectivity index (χ1) is 12.5. The minimum Gasteiger partial charge on any atom is -0.497 e. The van der Waals surface area contributed by atoms with Crippen LogP contribution in [0.3, 0.4) is 0 Å². The lowest BCUT2D eigenvalue weighted by atomic mass is 10.2. The minimum absolute atomic E-state index is 0.190. The molecule has 134 valence electrons. The van der Waals surface area contributed by atoms with Crippen LogP contribution in [0.5, 0.6) is 5.75 Å². The lowest BCUT2D eigenvalue weighted by Gasteiger charge is -2.11. The van der Waals surface area contributed by atoms with Gasteiger partial charge < -0.3 is 15.2 Å². The van der Waals surface area contributed by atoms with Crippen LogP contribution in [0.15, 0.2) is 42.5 Å². The Bertz CT molecular complexity index is 942. The molecule has 1 aromatic heterocycles. The van der Waals surface area contributed by atoms with Gasteiger partial charge in [0.05, 0.1) is 23.7 Å². The molecule has 3 rings (SSSR count). The molecule has 0 aliphatic heterocycles. The molecule has 0 saturated carbocycles. The molecule has 0 amide bonds. The van der Waals surface area contributed by atoms with E-state index >= 15 is 0 Å². The van der Waals surface area contributed by atoms with Crippen molar-refractivity contribution in [2.75, 3.05) is 12.4 Å². The van der Waals surface area contributed by atoms with E-state index in [9.17, 15) is 9.90 Å². The van der Waals surface area contributed by atoms with Gasteiger partial charge in [-0.25, -0.2) is 9.48 Å². The third-order valence-electron chi connectivity index (χ3n) is 3.61. The van der Waals surface area contributed by atoms with Gasteiger partial charge in [-0.15, -0.1) is 5.10 Å². The highest BCUT2D eigenvalue weighted by atomic mass is 35.5. The Labute approximate surface area is 159 Å². The van der Waals surface area contributed by atoms with E-state index in [1.165, 1.54) is 4.68 Å². The van der Waals surface area contributed by atoms with Gasteiger partial charge in [0.2, 0.25) is 5.69 Å². The fourth-order valence-electron chi connectivity index (χ4n) is 2.31. The van der Waals surface area contributed by atoms with Crippen LogP contribution in [-0.2, 0) is 6.54 Å². The topological polar surface area (TPSA) is 89.3 Å². The Kier molecular flexibility index (Phi) is 5.29. The van der Waals surface area contributed by atoms with Crippen LogP contribution in [0.2, 0.25) is 10.0 Å². The van der Waals surface area contributed by atoms with Gasteiger partial charge in [-0.3, -0.25) is 0 Å². The van der Waals surface area contributed by atoms with Gasteiger partial charge in [0.25, 0.3) is 0 Å². The van der Waals surface area contributed by atoms with E-state index < -0.39 is 5.97 Å². The predicted molar refractivity (Wildman–Crippen MR) is 98.8 cm³/mol. The predicted octanol–water partition coefficient (Wildman–Crippen LogP) is 4.08. The number of carboxylic acid groups (broad SMARTS) is 1. The van der Waals surface area contributed by atoms with Gasteiger partial charge in [-0.1, -0.05) is 40.5 Å². The molecule has 0 spiro atoms. The van der Waals surface area contributed by atoms with Crippen molar-refractivity contribution in [1.29, 1.82) is 0 Å². The van der Waals surface area contributed by atoms with Gasteiger partial charge in [0.1, 0.15) is 5.75 Å². The van der Waals surface area contributed by atoms with Crippen molar-refractivity contribution in [3.63, 3.8) is 0 Å². The smallest absolute Gasteiger partial charge is 0.360 e. The summed E-state index contributed by atoms with van der Waals surface area (Å²) < 4.78 is 6.60. The molecule has 0 bridgehead atoms. The van der Waals surface area contributed by atoms with Crippen molar-refractivity contribution in [3.8, 4) is 5.75 Å². The number of methoxy groups -OCH3 is 1. The molecule has 2 N–H and O–H groups in total. The van der Waals surface area contributed by atoms with E-state index in [4.69, 9.17) is 27.9 Å². The van der Waals surface area contributed by atoms with Gasteiger partial charge in [0.15, 0.2) is 5.82 Å². The summed E-state index contributed by atoms with van der Waals surface area (Å²) in [7, 11) is 1.59.